The largest absolute Gasteiger partial charge is 0.385 e. The van der Waals surface area contributed by atoms with Gasteiger partial charge < -0.3 is 5.11 Å². The molecule has 2 unspecified atom stereocenters. The van der Waals surface area contributed by atoms with E-state index in [0.29, 0.717) is 0 Å². The van der Waals surface area contributed by atoms with Crippen molar-refractivity contribution >= 4 is 17.3 Å². The Kier molecular flexibility index (Phi) is 2.58. The molecule has 0 radical (unpaired) electrons. The molecule has 2 atom stereocenters. The molecule has 1 aliphatic rings. The van der Waals surface area contributed by atoms with Crippen LogP contribution < -0.4 is 0 Å². The zero-order chi connectivity index (χ0) is 11.1. The summed E-state index contributed by atoms with van der Waals surface area (Å²) in [5, 5.41) is 9.59. The van der Waals surface area contributed by atoms with Crippen LogP contribution in [0.3, 0.4) is 0 Å². The Morgan fingerprint density at radius 3 is 2.36 bits per heavy atom. The summed E-state index contributed by atoms with van der Waals surface area (Å²) in [5.41, 5.74) is -0.750. The van der Waals surface area contributed by atoms with Crippen LogP contribution in [0.4, 0.5) is 0 Å². The van der Waals surface area contributed by atoms with Crippen LogP contribution in [0.15, 0.2) is 0 Å². The summed E-state index contributed by atoms with van der Waals surface area (Å²) in [5.74, 6) is -2.75. The SMILES string of the molecule is CC(=O)C1C(=O)CC(C)(C)C(O)C1=O. The second kappa shape index (κ2) is 3.28. The molecule has 0 aromatic rings. The summed E-state index contributed by atoms with van der Waals surface area (Å²) in [6, 6.07) is 0. The van der Waals surface area contributed by atoms with Crippen molar-refractivity contribution in [2.24, 2.45) is 11.3 Å². The highest BCUT2D eigenvalue weighted by atomic mass is 16.3. The summed E-state index contributed by atoms with van der Waals surface area (Å²) in [4.78, 5) is 34.0. The predicted molar refractivity (Wildman–Crippen MR) is 48.6 cm³/mol. The van der Waals surface area contributed by atoms with Gasteiger partial charge in [-0.25, -0.2) is 0 Å². The molecule has 1 aliphatic carbocycles. The van der Waals surface area contributed by atoms with Gasteiger partial charge in [0.05, 0.1) is 0 Å². The molecule has 0 saturated heterocycles. The third-order valence-corrected chi connectivity index (χ3v) is 2.65. The Balaban J connectivity index is 3.03. The van der Waals surface area contributed by atoms with Gasteiger partial charge in [-0.15, -0.1) is 0 Å². The number of rotatable bonds is 1. The number of aliphatic hydroxyl groups is 1. The van der Waals surface area contributed by atoms with Crippen LogP contribution in [0.25, 0.3) is 0 Å². The second-order valence-electron chi connectivity index (χ2n) is 4.48. The molecule has 1 saturated carbocycles. The zero-order valence-corrected chi connectivity index (χ0v) is 8.53. The number of carbonyl (C=O) groups excluding carboxylic acids is 3. The van der Waals surface area contributed by atoms with E-state index in [9.17, 15) is 19.5 Å². The van der Waals surface area contributed by atoms with Crippen molar-refractivity contribution < 1.29 is 19.5 Å². The van der Waals surface area contributed by atoms with Crippen LogP contribution in [0.2, 0.25) is 0 Å². The molecule has 4 nitrogen and oxygen atoms in total. The molecule has 0 aromatic heterocycles. The van der Waals surface area contributed by atoms with Gasteiger partial charge in [0.15, 0.2) is 11.6 Å². The average Bonchev–Trinajstić information content (AvgIpc) is 1.98. The third kappa shape index (κ3) is 1.62. The molecule has 78 valence electrons. The highest BCUT2D eigenvalue weighted by Crippen LogP contribution is 2.34. The van der Waals surface area contributed by atoms with E-state index in [4.69, 9.17) is 0 Å². The normalized spacial score (nSPS) is 31.7. The van der Waals surface area contributed by atoms with Crippen LogP contribution in [-0.4, -0.2) is 28.6 Å². The summed E-state index contributed by atoms with van der Waals surface area (Å²) >= 11 is 0. The lowest BCUT2D eigenvalue weighted by Gasteiger charge is -2.35. The zero-order valence-electron chi connectivity index (χ0n) is 8.53. The maximum Gasteiger partial charge on any atom is 0.179 e. The number of ketones is 3. The van der Waals surface area contributed by atoms with E-state index in [1.807, 2.05) is 0 Å². The van der Waals surface area contributed by atoms with Crippen molar-refractivity contribution in [3.63, 3.8) is 0 Å². The standard InChI is InChI=1S/C10H14O4/c1-5(11)7-6(12)4-10(2,3)9(14)8(7)13/h7,9,14H,4H2,1-3H3. The predicted octanol–water partition coefficient (Wildman–Crippen LogP) is 0.121. The Hall–Kier alpha value is -1.03. The maximum absolute atomic E-state index is 11.5. The minimum Gasteiger partial charge on any atom is -0.385 e. The smallest absolute Gasteiger partial charge is 0.179 e. The van der Waals surface area contributed by atoms with Crippen molar-refractivity contribution in [2.75, 3.05) is 0 Å². The quantitative estimate of drug-likeness (QED) is 0.607. The van der Waals surface area contributed by atoms with Crippen molar-refractivity contribution in [2.45, 2.75) is 33.3 Å². The van der Waals surface area contributed by atoms with Gasteiger partial charge in [-0.2, -0.15) is 0 Å². The topological polar surface area (TPSA) is 71.4 Å². The van der Waals surface area contributed by atoms with Crippen molar-refractivity contribution in [3.8, 4) is 0 Å². The molecular weight excluding hydrogens is 184 g/mol. The molecular formula is C10H14O4. The Morgan fingerprint density at radius 2 is 1.93 bits per heavy atom. The first kappa shape index (κ1) is 11.0. The molecule has 1 N–H and O–H groups in total. The minimum atomic E-state index is -1.24. The van der Waals surface area contributed by atoms with Gasteiger partial charge in [-0.3, -0.25) is 14.4 Å². The Labute approximate surface area is 82.3 Å². The van der Waals surface area contributed by atoms with E-state index >= 15 is 0 Å². The second-order valence-corrected chi connectivity index (χ2v) is 4.48. The average molecular weight is 198 g/mol. The number of carbonyl (C=O) groups is 3. The first-order chi connectivity index (χ1) is 6.27. The van der Waals surface area contributed by atoms with E-state index in [1.54, 1.807) is 13.8 Å². The van der Waals surface area contributed by atoms with Gasteiger partial charge in [0.1, 0.15) is 17.8 Å². The molecule has 14 heavy (non-hydrogen) atoms. The lowest BCUT2D eigenvalue weighted by atomic mass is 9.68. The molecule has 4 heteroatoms. The fraction of sp³-hybridized carbons (Fsp3) is 0.700. The van der Waals surface area contributed by atoms with E-state index in [2.05, 4.69) is 0 Å². The molecule has 0 spiro atoms. The molecule has 0 aliphatic heterocycles. The fourth-order valence-corrected chi connectivity index (χ4v) is 1.78. The summed E-state index contributed by atoms with van der Waals surface area (Å²) in [6.45, 7) is 4.49. The van der Waals surface area contributed by atoms with Gasteiger partial charge in [-0.1, -0.05) is 13.8 Å². The van der Waals surface area contributed by atoms with Crippen molar-refractivity contribution in [3.05, 3.63) is 0 Å². The van der Waals surface area contributed by atoms with Gasteiger partial charge in [0.25, 0.3) is 0 Å². The number of hydrogen-bond donors (Lipinski definition) is 1. The number of hydrogen-bond acceptors (Lipinski definition) is 4. The molecule has 1 fully saturated rings. The van der Waals surface area contributed by atoms with Crippen LogP contribution in [0, 0.1) is 11.3 Å². The molecule has 0 aromatic carbocycles. The lowest BCUT2D eigenvalue weighted by molar-refractivity contribution is -0.154. The minimum absolute atomic E-state index is 0.0736. The Bertz CT molecular complexity index is 303. The fourth-order valence-electron chi connectivity index (χ4n) is 1.78. The molecule has 0 amide bonds. The van der Waals surface area contributed by atoms with Gasteiger partial charge >= 0.3 is 0 Å². The third-order valence-electron chi connectivity index (χ3n) is 2.65. The van der Waals surface area contributed by atoms with E-state index in [1.165, 1.54) is 6.92 Å². The van der Waals surface area contributed by atoms with Crippen molar-refractivity contribution in [1.82, 2.24) is 0 Å². The number of Topliss-reactive ketones (excluding diaryl/α,β-unsaturated/α-hetero) is 3. The summed E-state index contributed by atoms with van der Waals surface area (Å²) in [7, 11) is 0. The molecule has 0 heterocycles. The van der Waals surface area contributed by atoms with Gasteiger partial charge in [0.2, 0.25) is 0 Å². The molecule has 0 bridgehead atoms. The van der Waals surface area contributed by atoms with Crippen LogP contribution in [-0.2, 0) is 14.4 Å². The lowest BCUT2D eigenvalue weighted by Crippen LogP contribution is -2.51. The first-order valence-electron chi connectivity index (χ1n) is 4.52. The monoisotopic (exact) mass is 198 g/mol. The van der Waals surface area contributed by atoms with E-state index in [-0.39, 0.29) is 12.2 Å². The van der Waals surface area contributed by atoms with E-state index in [0.717, 1.165) is 0 Å². The van der Waals surface area contributed by atoms with Gasteiger partial charge in [-0.05, 0) is 6.92 Å². The van der Waals surface area contributed by atoms with Gasteiger partial charge in [0, 0.05) is 11.8 Å². The van der Waals surface area contributed by atoms with Crippen molar-refractivity contribution in [1.29, 1.82) is 0 Å². The highest BCUT2D eigenvalue weighted by Gasteiger charge is 2.48. The highest BCUT2D eigenvalue weighted by molar-refractivity contribution is 6.21. The van der Waals surface area contributed by atoms with E-state index < -0.39 is 29.0 Å². The summed E-state index contributed by atoms with van der Waals surface area (Å²) in [6.07, 6.45) is -1.14. The number of aliphatic hydroxyl groups excluding tert-OH is 1. The van der Waals surface area contributed by atoms with Crippen LogP contribution >= 0.6 is 0 Å². The van der Waals surface area contributed by atoms with Crippen LogP contribution in [0.5, 0.6) is 0 Å². The summed E-state index contributed by atoms with van der Waals surface area (Å²) < 4.78 is 0. The van der Waals surface area contributed by atoms with Crippen LogP contribution in [0.1, 0.15) is 27.2 Å². The molecule has 1 rings (SSSR count). The maximum atomic E-state index is 11.5. The first-order valence-corrected chi connectivity index (χ1v) is 4.52. The Morgan fingerprint density at radius 1 is 1.43 bits per heavy atom.